The maximum Gasteiger partial charge on any atom is 0.320 e. The first-order valence-corrected chi connectivity index (χ1v) is 5.34. The summed E-state index contributed by atoms with van der Waals surface area (Å²) in [5.74, 6) is -1.22. The summed E-state index contributed by atoms with van der Waals surface area (Å²) in [4.78, 5) is 36.0. The van der Waals surface area contributed by atoms with Gasteiger partial charge >= 0.3 is 12.0 Å². The molecule has 7 heteroatoms. The van der Waals surface area contributed by atoms with Crippen LogP contribution >= 0.6 is 0 Å². The summed E-state index contributed by atoms with van der Waals surface area (Å²) < 4.78 is 0. The van der Waals surface area contributed by atoms with Crippen molar-refractivity contribution in [2.24, 2.45) is 0 Å². The molecule has 0 spiro atoms. The Morgan fingerprint density at radius 3 is 2.29 bits per heavy atom. The molecule has 0 rings (SSSR count). The minimum absolute atomic E-state index is 0.0428. The van der Waals surface area contributed by atoms with Gasteiger partial charge in [0, 0.05) is 27.2 Å². The highest BCUT2D eigenvalue weighted by Gasteiger charge is 2.18. The van der Waals surface area contributed by atoms with Gasteiger partial charge in [-0.2, -0.15) is 0 Å². The van der Waals surface area contributed by atoms with E-state index in [0.29, 0.717) is 6.54 Å². The molecule has 0 aliphatic heterocycles. The van der Waals surface area contributed by atoms with E-state index in [1.165, 1.54) is 23.9 Å². The molecule has 0 heterocycles. The summed E-state index contributed by atoms with van der Waals surface area (Å²) in [6.07, 6.45) is -0.104. The molecule has 0 aliphatic carbocycles. The monoisotopic (exact) mass is 245 g/mol. The lowest BCUT2D eigenvalue weighted by Crippen LogP contribution is -2.45. The summed E-state index contributed by atoms with van der Waals surface area (Å²) in [6.45, 7) is 2.26. The smallest absolute Gasteiger partial charge is 0.320 e. The Morgan fingerprint density at radius 1 is 1.29 bits per heavy atom. The zero-order chi connectivity index (χ0) is 13.4. The number of hydrogen-bond donors (Lipinski definition) is 2. The number of carboxylic acids is 1. The minimum atomic E-state index is -0.954. The Morgan fingerprint density at radius 2 is 1.88 bits per heavy atom. The number of carboxylic acid groups (broad SMARTS) is 1. The Bertz CT molecular complexity index is 293. The molecular weight excluding hydrogens is 226 g/mol. The van der Waals surface area contributed by atoms with Crippen LogP contribution in [0, 0.1) is 0 Å². The molecule has 0 aliphatic rings. The van der Waals surface area contributed by atoms with Gasteiger partial charge in [-0.3, -0.25) is 9.59 Å². The van der Waals surface area contributed by atoms with Crippen LogP contribution in [0.5, 0.6) is 0 Å². The number of nitrogens with one attached hydrogen (secondary N) is 1. The topological polar surface area (TPSA) is 90.0 Å². The van der Waals surface area contributed by atoms with Crippen molar-refractivity contribution in [3.8, 4) is 0 Å². The first kappa shape index (κ1) is 15.2. The molecule has 0 bridgehead atoms. The summed E-state index contributed by atoms with van der Waals surface area (Å²) >= 11 is 0. The third-order valence-corrected chi connectivity index (χ3v) is 2.23. The first-order chi connectivity index (χ1) is 7.92. The molecule has 0 aromatic rings. The normalized spacial score (nSPS) is 9.59. The van der Waals surface area contributed by atoms with Crippen LogP contribution in [0.3, 0.4) is 0 Å². The number of nitrogens with zero attached hydrogens (tertiary/aromatic N) is 2. The third-order valence-electron chi connectivity index (χ3n) is 2.23. The molecule has 17 heavy (non-hydrogen) atoms. The van der Waals surface area contributed by atoms with Gasteiger partial charge in [-0.15, -0.1) is 0 Å². The maximum absolute atomic E-state index is 11.8. The van der Waals surface area contributed by atoms with Crippen molar-refractivity contribution in [2.75, 3.05) is 33.7 Å². The molecule has 0 aromatic heterocycles. The second-order valence-electron chi connectivity index (χ2n) is 3.54. The number of carbonyl (C=O) groups is 3. The first-order valence-electron chi connectivity index (χ1n) is 5.34. The van der Waals surface area contributed by atoms with Crippen molar-refractivity contribution < 1.29 is 19.5 Å². The summed E-state index contributed by atoms with van der Waals surface area (Å²) in [5.41, 5.74) is 0. The molecule has 0 saturated carbocycles. The lowest BCUT2D eigenvalue weighted by atomic mass is 10.4. The highest BCUT2D eigenvalue weighted by molar-refractivity contribution is 5.83. The van der Waals surface area contributed by atoms with Crippen molar-refractivity contribution in [2.45, 2.75) is 13.3 Å². The number of carbonyl (C=O) groups excluding carboxylic acids is 2. The fraction of sp³-hybridized carbons (Fsp3) is 0.700. The average molecular weight is 245 g/mol. The van der Waals surface area contributed by atoms with Crippen molar-refractivity contribution in [3.63, 3.8) is 0 Å². The van der Waals surface area contributed by atoms with Crippen LogP contribution in [-0.4, -0.2) is 66.5 Å². The predicted molar refractivity (Wildman–Crippen MR) is 61.6 cm³/mol. The molecule has 0 aromatic carbocycles. The molecule has 0 radical (unpaired) electrons. The fourth-order valence-corrected chi connectivity index (χ4v) is 1.22. The fourth-order valence-electron chi connectivity index (χ4n) is 1.22. The number of aliphatic carboxylic acids is 1. The van der Waals surface area contributed by atoms with Gasteiger partial charge < -0.3 is 20.2 Å². The van der Waals surface area contributed by atoms with Crippen LogP contribution in [-0.2, 0) is 9.59 Å². The Balaban J connectivity index is 4.31. The molecule has 0 atom stereocenters. The molecule has 2 N–H and O–H groups in total. The van der Waals surface area contributed by atoms with E-state index in [-0.39, 0.29) is 31.4 Å². The number of likely N-dealkylation sites (N-methyl/N-ethyl adjacent to an activating group) is 2. The van der Waals surface area contributed by atoms with E-state index in [4.69, 9.17) is 5.11 Å². The summed E-state index contributed by atoms with van der Waals surface area (Å²) in [5, 5.41) is 11.0. The summed E-state index contributed by atoms with van der Waals surface area (Å²) in [7, 11) is 2.99. The molecule has 0 unspecified atom stereocenters. The Kier molecular flexibility index (Phi) is 6.69. The number of urea groups is 1. The minimum Gasteiger partial charge on any atom is -0.481 e. The van der Waals surface area contributed by atoms with E-state index in [1.54, 1.807) is 6.92 Å². The van der Waals surface area contributed by atoms with E-state index in [1.807, 2.05) is 0 Å². The van der Waals surface area contributed by atoms with Crippen molar-refractivity contribution in [1.82, 2.24) is 15.1 Å². The zero-order valence-corrected chi connectivity index (χ0v) is 10.4. The van der Waals surface area contributed by atoms with Crippen molar-refractivity contribution in [3.05, 3.63) is 0 Å². The number of amides is 3. The Hall–Kier alpha value is -1.79. The molecule has 98 valence electrons. The predicted octanol–water partition coefficient (Wildman–Crippen LogP) is -0.419. The van der Waals surface area contributed by atoms with Crippen LogP contribution in [0.15, 0.2) is 0 Å². The van der Waals surface area contributed by atoms with E-state index in [9.17, 15) is 14.4 Å². The van der Waals surface area contributed by atoms with Crippen LogP contribution in [0.4, 0.5) is 4.79 Å². The average Bonchev–Trinajstić information content (AvgIpc) is 2.28. The van der Waals surface area contributed by atoms with Gasteiger partial charge in [0.1, 0.15) is 6.54 Å². The van der Waals surface area contributed by atoms with E-state index in [2.05, 4.69) is 5.32 Å². The quantitative estimate of drug-likeness (QED) is 0.665. The second-order valence-corrected chi connectivity index (χ2v) is 3.54. The molecular formula is C10H19N3O4. The van der Waals surface area contributed by atoms with Gasteiger partial charge in [0.05, 0.1) is 6.42 Å². The highest BCUT2D eigenvalue weighted by Crippen LogP contribution is 1.98. The van der Waals surface area contributed by atoms with Gasteiger partial charge in [0.25, 0.3) is 0 Å². The Labute approximate surface area is 100 Å². The van der Waals surface area contributed by atoms with Crippen molar-refractivity contribution >= 4 is 17.9 Å². The molecule has 0 fully saturated rings. The van der Waals surface area contributed by atoms with E-state index in [0.717, 1.165) is 0 Å². The lowest BCUT2D eigenvalue weighted by molar-refractivity contribution is -0.137. The van der Waals surface area contributed by atoms with Crippen LogP contribution < -0.4 is 5.32 Å². The molecule has 7 nitrogen and oxygen atoms in total. The van der Waals surface area contributed by atoms with E-state index < -0.39 is 5.97 Å². The second kappa shape index (κ2) is 7.48. The summed E-state index contributed by atoms with van der Waals surface area (Å²) in [6, 6.07) is -0.350. The van der Waals surface area contributed by atoms with Gasteiger partial charge in [0.2, 0.25) is 5.91 Å². The van der Waals surface area contributed by atoms with Gasteiger partial charge in [0.15, 0.2) is 0 Å². The van der Waals surface area contributed by atoms with Gasteiger partial charge in [-0.1, -0.05) is 0 Å². The van der Waals surface area contributed by atoms with Crippen LogP contribution in [0.2, 0.25) is 0 Å². The highest BCUT2D eigenvalue weighted by atomic mass is 16.4. The number of hydrogen-bond acceptors (Lipinski definition) is 3. The van der Waals surface area contributed by atoms with Gasteiger partial charge in [-0.25, -0.2) is 4.79 Å². The largest absolute Gasteiger partial charge is 0.481 e. The SMILES string of the molecule is CCN(CCC(=O)O)C(=O)N(C)CC(=O)NC. The lowest BCUT2D eigenvalue weighted by Gasteiger charge is -2.26. The maximum atomic E-state index is 11.8. The van der Waals surface area contributed by atoms with Crippen LogP contribution in [0.1, 0.15) is 13.3 Å². The van der Waals surface area contributed by atoms with E-state index >= 15 is 0 Å². The van der Waals surface area contributed by atoms with Crippen LogP contribution in [0.25, 0.3) is 0 Å². The standard InChI is InChI=1S/C10H19N3O4/c1-4-13(6-5-9(15)16)10(17)12(3)7-8(14)11-2/h4-7H2,1-3H3,(H,11,14)(H,15,16). The van der Waals surface area contributed by atoms with Gasteiger partial charge in [-0.05, 0) is 6.92 Å². The third kappa shape index (κ3) is 5.74. The number of rotatable bonds is 6. The molecule has 0 saturated heterocycles. The zero-order valence-electron chi connectivity index (χ0n) is 10.4. The molecule has 3 amide bonds. The van der Waals surface area contributed by atoms with Crippen molar-refractivity contribution in [1.29, 1.82) is 0 Å².